The molecule has 2 aromatic carbocycles. The van der Waals surface area contributed by atoms with Crippen LogP contribution in [0.15, 0.2) is 54.6 Å². The van der Waals surface area contributed by atoms with Gasteiger partial charge in [-0.2, -0.15) is 0 Å². The van der Waals surface area contributed by atoms with Gasteiger partial charge in [-0.1, -0.05) is 41.9 Å². The van der Waals surface area contributed by atoms with Crippen molar-refractivity contribution in [2.45, 2.75) is 6.54 Å². The van der Waals surface area contributed by atoms with E-state index in [1.54, 1.807) is 12.1 Å². The molecular weight excluding hydrogens is 234 g/mol. The maximum atomic E-state index is 11.7. The van der Waals surface area contributed by atoms with E-state index >= 15 is 0 Å². The van der Waals surface area contributed by atoms with Crippen LogP contribution in [0.25, 0.3) is 0 Å². The third-order valence-electron chi connectivity index (χ3n) is 2.40. The van der Waals surface area contributed by atoms with Gasteiger partial charge in [0.15, 0.2) is 0 Å². The number of hydrogen-bond acceptors (Lipinski definition) is 1. The Labute approximate surface area is 105 Å². The first-order chi connectivity index (χ1) is 8.25. The van der Waals surface area contributed by atoms with Crippen molar-refractivity contribution in [3.8, 4) is 0 Å². The molecule has 0 spiro atoms. The van der Waals surface area contributed by atoms with Crippen molar-refractivity contribution in [2.75, 3.05) is 0 Å². The molecule has 0 bridgehead atoms. The highest BCUT2D eigenvalue weighted by molar-refractivity contribution is 6.30. The van der Waals surface area contributed by atoms with Crippen LogP contribution >= 0.6 is 11.6 Å². The van der Waals surface area contributed by atoms with Crippen molar-refractivity contribution in [1.29, 1.82) is 0 Å². The van der Waals surface area contributed by atoms with Gasteiger partial charge in [0.05, 0.1) is 0 Å². The predicted molar refractivity (Wildman–Crippen MR) is 69.1 cm³/mol. The highest BCUT2D eigenvalue weighted by atomic mass is 35.5. The number of carbonyl (C=O) groups excluding carboxylic acids is 1. The van der Waals surface area contributed by atoms with Crippen LogP contribution in [-0.4, -0.2) is 5.91 Å². The maximum absolute atomic E-state index is 11.7. The van der Waals surface area contributed by atoms with Crippen LogP contribution in [0.2, 0.25) is 5.02 Å². The lowest BCUT2D eigenvalue weighted by Crippen LogP contribution is -2.22. The highest BCUT2D eigenvalue weighted by Crippen LogP contribution is 2.09. The topological polar surface area (TPSA) is 29.1 Å². The van der Waals surface area contributed by atoms with Gasteiger partial charge in [-0.05, 0) is 29.8 Å². The van der Waals surface area contributed by atoms with Crippen LogP contribution in [0, 0.1) is 0 Å². The largest absolute Gasteiger partial charge is 0.348 e. The molecule has 0 fully saturated rings. The van der Waals surface area contributed by atoms with E-state index in [2.05, 4.69) is 5.32 Å². The average molecular weight is 246 g/mol. The molecule has 2 nitrogen and oxygen atoms in total. The summed E-state index contributed by atoms with van der Waals surface area (Å²) in [5.41, 5.74) is 1.69. The Morgan fingerprint density at radius 2 is 1.65 bits per heavy atom. The lowest BCUT2D eigenvalue weighted by atomic mass is 10.2. The first-order valence-corrected chi connectivity index (χ1v) is 5.71. The van der Waals surface area contributed by atoms with E-state index in [-0.39, 0.29) is 5.91 Å². The van der Waals surface area contributed by atoms with Crippen molar-refractivity contribution in [3.63, 3.8) is 0 Å². The summed E-state index contributed by atoms with van der Waals surface area (Å²) in [5, 5.41) is 3.55. The number of halogens is 1. The molecule has 0 radical (unpaired) electrons. The van der Waals surface area contributed by atoms with Gasteiger partial charge in [-0.3, -0.25) is 4.79 Å². The molecular formula is C14H12ClNO. The van der Waals surface area contributed by atoms with Crippen LogP contribution in [-0.2, 0) is 6.54 Å². The molecule has 0 saturated heterocycles. The molecule has 0 aliphatic carbocycles. The zero-order valence-corrected chi connectivity index (χ0v) is 9.95. The van der Waals surface area contributed by atoms with Crippen molar-refractivity contribution in [2.24, 2.45) is 0 Å². The van der Waals surface area contributed by atoms with Crippen molar-refractivity contribution < 1.29 is 4.79 Å². The second-order valence-corrected chi connectivity index (χ2v) is 4.11. The van der Waals surface area contributed by atoms with Gasteiger partial charge in [0.2, 0.25) is 0 Å². The van der Waals surface area contributed by atoms with E-state index < -0.39 is 0 Å². The number of hydrogen-bond donors (Lipinski definition) is 1. The summed E-state index contributed by atoms with van der Waals surface area (Å²) in [6, 6.07) is 16.6. The molecule has 3 heteroatoms. The Morgan fingerprint density at radius 1 is 1.00 bits per heavy atom. The Balaban J connectivity index is 1.95. The van der Waals surface area contributed by atoms with E-state index in [1.165, 1.54) is 0 Å². The number of rotatable bonds is 3. The van der Waals surface area contributed by atoms with Gasteiger partial charge in [0.1, 0.15) is 0 Å². The first kappa shape index (κ1) is 11.7. The Hall–Kier alpha value is -1.80. The first-order valence-electron chi connectivity index (χ1n) is 5.33. The fourth-order valence-electron chi connectivity index (χ4n) is 1.48. The Morgan fingerprint density at radius 3 is 2.29 bits per heavy atom. The number of carbonyl (C=O) groups is 1. The van der Waals surface area contributed by atoms with E-state index in [0.29, 0.717) is 17.1 Å². The normalized spacial score (nSPS) is 9.94. The quantitative estimate of drug-likeness (QED) is 0.884. The van der Waals surface area contributed by atoms with Crippen LogP contribution in [0.4, 0.5) is 0 Å². The number of benzene rings is 2. The maximum Gasteiger partial charge on any atom is 0.251 e. The van der Waals surface area contributed by atoms with Crippen LogP contribution in [0.5, 0.6) is 0 Å². The van der Waals surface area contributed by atoms with E-state index in [4.69, 9.17) is 11.6 Å². The molecule has 1 amide bonds. The van der Waals surface area contributed by atoms with Gasteiger partial charge < -0.3 is 5.32 Å². The third kappa shape index (κ3) is 3.33. The smallest absolute Gasteiger partial charge is 0.251 e. The molecule has 0 aliphatic heterocycles. The van der Waals surface area contributed by atoms with Crippen molar-refractivity contribution >= 4 is 17.5 Å². The molecule has 2 rings (SSSR count). The molecule has 17 heavy (non-hydrogen) atoms. The minimum absolute atomic E-state index is 0.0689. The zero-order chi connectivity index (χ0) is 12.1. The van der Waals surface area contributed by atoms with Gasteiger partial charge in [0.25, 0.3) is 5.91 Å². The molecule has 1 N–H and O–H groups in total. The Bertz CT molecular complexity index is 493. The average Bonchev–Trinajstić information content (AvgIpc) is 2.39. The van der Waals surface area contributed by atoms with Gasteiger partial charge in [-0.15, -0.1) is 0 Å². The van der Waals surface area contributed by atoms with Crippen LogP contribution < -0.4 is 5.32 Å². The summed E-state index contributed by atoms with van der Waals surface area (Å²) in [7, 11) is 0. The second-order valence-electron chi connectivity index (χ2n) is 3.68. The SMILES string of the molecule is O=C(NCc1ccc(Cl)cc1)c1ccccc1. The van der Waals surface area contributed by atoms with Crippen LogP contribution in [0.3, 0.4) is 0 Å². The molecule has 0 saturated carbocycles. The number of nitrogens with one attached hydrogen (secondary N) is 1. The minimum Gasteiger partial charge on any atom is -0.348 e. The Kier molecular flexibility index (Phi) is 3.78. The second kappa shape index (κ2) is 5.51. The van der Waals surface area contributed by atoms with Gasteiger partial charge in [-0.25, -0.2) is 0 Å². The standard InChI is InChI=1S/C14H12ClNO/c15-13-8-6-11(7-9-13)10-16-14(17)12-4-2-1-3-5-12/h1-9H,10H2,(H,16,17). The van der Waals surface area contributed by atoms with E-state index in [9.17, 15) is 4.79 Å². The zero-order valence-electron chi connectivity index (χ0n) is 9.19. The fourth-order valence-corrected chi connectivity index (χ4v) is 1.60. The lowest BCUT2D eigenvalue weighted by Gasteiger charge is -2.05. The summed E-state index contributed by atoms with van der Waals surface area (Å²) in [4.78, 5) is 11.7. The van der Waals surface area contributed by atoms with Crippen LogP contribution in [0.1, 0.15) is 15.9 Å². The van der Waals surface area contributed by atoms with Crippen molar-refractivity contribution in [3.05, 3.63) is 70.7 Å². The fraction of sp³-hybridized carbons (Fsp3) is 0.0714. The van der Waals surface area contributed by atoms with Crippen molar-refractivity contribution in [1.82, 2.24) is 5.32 Å². The van der Waals surface area contributed by atoms with Gasteiger partial charge in [0, 0.05) is 17.1 Å². The summed E-state index contributed by atoms with van der Waals surface area (Å²) in [5.74, 6) is -0.0689. The minimum atomic E-state index is -0.0689. The molecule has 86 valence electrons. The molecule has 0 aliphatic rings. The van der Waals surface area contributed by atoms with E-state index in [0.717, 1.165) is 5.56 Å². The summed E-state index contributed by atoms with van der Waals surface area (Å²) in [6.07, 6.45) is 0. The van der Waals surface area contributed by atoms with Gasteiger partial charge >= 0.3 is 0 Å². The number of amides is 1. The summed E-state index contributed by atoms with van der Waals surface area (Å²) in [6.45, 7) is 0.505. The summed E-state index contributed by atoms with van der Waals surface area (Å²) < 4.78 is 0. The summed E-state index contributed by atoms with van der Waals surface area (Å²) >= 11 is 5.78. The van der Waals surface area contributed by atoms with E-state index in [1.807, 2.05) is 42.5 Å². The molecule has 0 heterocycles. The molecule has 0 unspecified atom stereocenters. The molecule has 0 atom stereocenters. The highest BCUT2D eigenvalue weighted by Gasteiger charge is 2.03. The monoisotopic (exact) mass is 245 g/mol. The predicted octanol–water partition coefficient (Wildman–Crippen LogP) is 3.27. The third-order valence-corrected chi connectivity index (χ3v) is 2.65. The molecule has 2 aromatic rings. The lowest BCUT2D eigenvalue weighted by molar-refractivity contribution is 0.0951. The molecule has 0 aromatic heterocycles.